The van der Waals surface area contributed by atoms with Crippen LogP contribution in [0.25, 0.3) is 0 Å². The van der Waals surface area contributed by atoms with E-state index in [1.54, 1.807) is 12.1 Å². The summed E-state index contributed by atoms with van der Waals surface area (Å²) >= 11 is 0. The standard InChI is InChI=1S/C13H19N5/c1-9(18(2)10-3-4-10)8-16-13-6-5-11(15)12(7-14)17-13/h5-6,9-10H,3-4,8,15H2,1-2H3,(H,16,17). The molecule has 0 aromatic carbocycles. The summed E-state index contributed by atoms with van der Waals surface area (Å²) in [7, 11) is 2.15. The molecule has 18 heavy (non-hydrogen) atoms. The van der Waals surface area contributed by atoms with Crippen LogP contribution in [0.1, 0.15) is 25.5 Å². The first-order chi connectivity index (χ1) is 8.61. The Bertz CT molecular complexity index is 461. The van der Waals surface area contributed by atoms with Crippen LogP contribution in [0.5, 0.6) is 0 Å². The molecule has 1 aliphatic carbocycles. The Morgan fingerprint density at radius 2 is 2.33 bits per heavy atom. The van der Waals surface area contributed by atoms with Gasteiger partial charge in [0, 0.05) is 18.6 Å². The Morgan fingerprint density at radius 3 is 2.94 bits per heavy atom. The van der Waals surface area contributed by atoms with Crippen molar-refractivity contribution in [3.8, 4) is 6.07 Å². The number of pyridine rings is 1. The Labute approximate surface area is 108 Å². The summed E-state index contributed by atoms with van der Waals surface area (Å²) in [5, 5.41) is 12.1. The van der Waals surface area contributed by atoms with Crippen LogP contribution in [0, 0.1) is 11.3 Å². The van der Waals surface area contributed by atoms with Crippen LogP contribution in [-0.4, -0.2) is 35.6 Å². The highest BCUT2D eigenvalue weighted by molar-refractivity contribution is 5.54. The van der Waals surface area contributed by atoms with Gasteiger partial charge in [-0.2, -0.15) is 5.26 Å². The van der Waals surface area contributed by atoms with Crippen LogP contribution in [0.15, 0.2) is 12.1 Å². The fourth-order valence-electron chi connectivity index (χ4n) is 1.90. The molecule has 0 radical (unpaired) electrons. The molecule has 0 saturated heterocycles. The number of likely N-dealkylation sites (N-methyl/N-ethyl adjacent to an activating group) is 1. The van der Waals surface area contributed by atoms with Gasteiger partial charge < -0.3 is 11.1 Å². The van der Waals surface area contributed by atoms with E-state index in [4.69, 9.17) is 11.0 Å². The van der Waals surface area contributed by atoms with Crippen LogP contribution in [0.2, 0.25) is 0 Å². The number of hydrogen-bond donors (Lipinski definition) is 2. The van der Waals surface area contributed by atoms with E-state index in [9.17, 15) is 0 Å². The Hall–Kier alpha value is -1.80. The molecule has 1 saturated carbocycles. The SMILES string of the molecule is CC(CNc1ccc(N)c(C#N)n1)N(C)C1CC1. The highest BCUT2D eigenvalue weighted by Crippen LogP contribution is 2.26. The predicted molar refractivity (Wildman–Crippen MR) is 72.1 cm³/mol. The van der Waals surface area contributed by atoms with Crippen molar-refractivity contribution < 1.29 is 0 Å². The minimum Gasteiger partial charge on any atom is -0.396 e. The van der Waals surface area contributed by atoms with E-state index in [0.29, 0.717) is 17.5 Å². The molecule has 1 atom stereocenters. The van der Waals surface area contributed by atoms with Gasteiger partial charge in [-0.1, -0.05) is 0 Å². The van der Waals surface area contributed by atoms with E-state index in [1.807, 2.05) is 6.07 Å². The average Bonchev–Trinajstić information content (AvgIpc) is 3.20. The Morgan fingerprint density at radius 1 is 1.61 bits per heavy atom. The molecule has 96 valence electrons. The Kier molecular flexibility index (Phi) is 3.68. The Balaban J connectivity index is 1.91. The molecular formula is C13H19N5. The van der Waals surface area contributed by atoms with Crippen molar-refractivity contribution in [2.75, 3.05) is 24.6 Å². The zero-order valence-electron chi connectivity index (χ0n) is 10.8. The second-order valence-corrected chi connectivity index (χ2v) is 4.87. The first-order valence-corrected chi connectivity index (χ1v) is 6.24. The van der Waals surface area contributed by atoms with E-state index in [2.05, 4.69) is 29.2 Å². The van der Waals surface area contributed by atoms with Gasteiger partial charge in [0.1, 0.15) is 11.9 Å². The fraction of sp³-hybridized carbons (Fsp3) is 0.538. The van der Waals surface area contributed by atoms with Crippen LogP contribution in [-0.2, 0) is 0 Å². The number of nitrogens with zero attached hydrogens (tertiary/aromatic N) is 3. The topological polar surface area (TPSA) is 78.0 Å². The highest BCUT2D eigenvalue weighted by atomic mass is 15.2. The molecule has 1 aromatic rings. The minimum absolute atomic E-state index is 0.281. The first-order valence-electron chi connectivity index (χ1n) is 6.24. The third-order valence-electron chi connectivity index (χ3n) is 3.43. The summed E-state index contributed by atoms with van der Waals surface area (Å²) in [5.41, 5.74) is 6.33. The van der Waals surface area contributed by atoms with Crippen LogP contribution >= 0.6 is 0 Å². The molecule has 1 aliphatic rings. The normalized spacial score (nSPS) is 16.3. The highest BCUT2D eigenvalue weighted by Gasteiger charge is 2.28. The van der Waals surface area contributed by atoms with E-state index in [1.165, 1.54) is 12.8 Å². The summed E-state index contributed by atoms with van der Waals surface area (Å²) < 4.78 is 0. The van der Waals surface area contributed by atoms with Gasteiger partial charge in [-0.15, -0.1) is 0 Å². The maximum Gasteiger partial charge on any atom is 0.165 e. The lowest BCUT2D eigenvalue weighted by Gasteiger charge is -2.24. The van der Waals surface area contributed by atoms with Crippen molar-refractivity contribution in [1.82, 2.24) is 9.88 Å². The number of nitrogens with two attached hydrogens (primary N) is 1. The summed E-state index contributed by atoms with van der Waals surface area (Å²) in [4.78, 5) is 6.55. The number of hydrogen-bond acceptors (Lipinski definition) is 5. The maximum absolute atomic E-state index is 8.86. The molecule has 0 amide bonds. The molecule has 1 fully saturated rings. The van der Waals surface area contributed by atoms with E-state index >= 15 is 0 Å². The smallest absolute Gasteiger partial charge is 0.165 e. The summed E-state index contributed by atoms with van der Waals surface area (Å²) in [5.74, 6) is 0.705. The summed E-state index contributed by atoms with van der Waals surface area (Å²) in [6, 6.07) is 6.70. The molecular weight excluding hydrogens is 226 g/mol. The predicted octanol–water partition coefficient (Wildman–Crippen LogP) is 1.43. The molecule has 0 bridgehead atoms. The molecule has 2 rings (SSSR count). The van der Waals surface area contributed by atoms with Gasteiger partial charge in [0.25, 0.3) is 0 Å². The maximum atomic E-state index is 8.86. The van der Waals surface area contributed by atoms with Crippen molar-refractivity contribution in [1.29, 1.82) is 5.26 Å². The van der Waals surface area contributed by atoms with Crippen molar-refractivity contribution in [2.45, 2.75) is 31.8 Å². The first kappa shape index (κ1) is 12.7. The molecule has 0 aliphatic heterocycles. The van der Waals surface area contributed by atoms with Crippen molar-refractivity contribution >= 4 is 11.5 Å². The van der Waals surface area contributed by atoms with Crippen molar-refractivity contribution in [3.63, 3.8) is 0 Å². The third-order valence-corrected chi connectivity index (χ3v) is 3.43. The second kappa shape index (κ2) is 5.23. The number of nitrogen functional groups attached to an aromatic ring is 1. The molecule has 1 unspecified atom stereocenters. The number of anilines is 2. The van der Waals surface area contributed by atoms with Gasteiger partial charge in [-0.25, -0.2) is 4.98 Å². The van der Waals surface area contributed by atoms with E-state index in [0.717, 1.165) is 12.6 Å². The van der Waals surface area contributed by atoms with Crippen molar-refractivity contribution in [3.05, 3.63) is 17.8 Å². The molecule has 1 aromatic heterocycles. The zero-order chi connectivity index (χ0) is 13.1. The quantitative estimate of drug-likeness (QED) is 0.820. The minimum atomic E-state index is 0.281. The monoisotopic (exact) mass is 245 g/mol. The van der Waals surface area contributed by atoms with Crippen LogP contribution < -0.4 is 11.1 Å². The van der Waals surface area contributed by atoms with Gasteiger partial charge in [-0.3, -0.25) is 4.90 Å². The lowest BCUT2D eigenvalue weighted by molar-refractivity contribution is 0.257. The summed E-state index contributed by atoms with van der Waals surface area (Å²) in [6.07, 6.45) is 2.61. The van der Waals surface area contributed by atoms with Gasteiger partial charge in [0.2, 0.25) is 0 Å². The molecule has 5 heteroatoms. The number of aromatic nitrogens is 1. The van der Waals surface area contributed by atoms with E-state index in [-0.39, 0.29) is 5.69 Å². The van der Waals surface area contributed by atoms with Gasteiger partial charge >= 0.3 is 0 Å². The third kappa shape index (κ3) is 2.90. The summed E-state index contributed by atoms with van der Waals surface area (Å²) in [6.45, 7) is 3.00. The molecule has 3 N–H and O–H groups in total. The number of nitriles is 1. The molecule has 1 heterocycles. The van der Waals surface area contributed by atoms with Gasteiger partial charge in [0.05, 0.1) is 5.69 Å². The van der Waals surface area contributed by atoms with Gasteiger partial charge in [0.15, 0.2) is 5.69 Å². The largest absolute Gasteiger partial charge is 0.396 e. The van der Waals surface area contributed by atoms with Crippen LogP contribution in [0.4, 0.5) is 11.5 Å². The number of nitrogens with one attached hydrogen (secondary N) is 1. The fourth-order valence-corrected chi connectivity index (χ4v) is 1.90. The number of rotatable bonds is 5. The molecule has 0 spiro atoms. The average molecular weight is 245 g/mol. The zero-order valence-corrected chi connectivity index (χ0v) is 10.8. The lowest BCUT2D eigenvalue weighted by Crippen LogP contribution is -2.36. The molecule has 5 nitrogen and oxygen atoms in total. The van der Waals surface area contributed by atoms with Crippen LogP contribution in [0.3, 0.4) is 0 Å². The van der Waals surface area contributed by atoms with E-state index < -0.39 is 0 Å². The van der Waals surface area contributed by atoms with Gasteiger partial charge in [-0.05, 0) is 38.9 Å². The van der Waals surface area contributed by atoms with Crippen molar-refractivity contribution in [2.24, 2.45) is 0 Å². The lowest BCUT2D eigenvalue weighted by atomic mass is 10.2. The second-order valence-electron chi connectivity index (χ2n) is 4.87.